The van der Waals surface area contributed by atoms with Gasteiger partial charge in [-0.15, -0.1) is 0 Å². The molecule has 0 radical (unpaired) electrons. The second-order valence-corrected chi connectivity index (χ2v) is 5.16. The zero-order chi connectivity index (χ0) is 15.2. The Balaban J connectivity index is 1.87. The maximum Gasteiger partial charge on any atom is 0.163 e. The van der Waals surface area contributed by atoms with Crippen LogP contribution in [0.3, 0.4) is 0 Å². The van der Waals surface area contributed by atoms with Gasteiger partial charge in [-0.3, -0.25) is 0 Å². The number of hydrogen-bond donors (Lipinski definition) is 2. The zero-order valence-electron chi connectivity index (χ0n) is 11.9. The van der Waals surface area contributed by atoms with E-state index in [4.69, 9.17) is 0 Å². The van der Waals surface area contributed by atoms with Crippen LogP contribution in [0.2, 0.25) is 0 Å². The molecule has 2 atom stereocenters. The first-order valence-electron chi connectivity index (χ1n) is 6.97. The first-order valence-corrected chi connectivity index (χ1v) is 6.97. The lowest BCUT2D eigenvalue weighted by Gasteiger charge is -2.18. The van der Waals surface area contributed by atoms with Gasteiger partial charge in [-0.25, -0.2) is 8.78 Å². The SMILES string of the molecule is CC(CC(O)c1ccccc1)NCc1cccc(F)c1F. The molecule has 2 unspecified atom stereocenters. The lowest BCUT2D eigenvalue weighted by molar-refractivity contribution is 0.153. The van der Waals surface area contributed by atoms with E-state index in [0.29, 0.717) is 6.42 Å². The van der Waals surface area contributed by atoms with Gasteiger partial charge < -0.3 is 10.4 Å². The molecule has 2 aromatic rings. The van der Waals surface area contributed by atoms with Gasteiger partial charge in [0.25, 0.3) is 0 Å². The summed E-state index contributed by atoms with van der Waals surface area (Å²) in [6, 6.07) is 13.5. The first-order chi connectivity index (χ1) is 10.1. The van der Waals surface area contributed by atoms with Crippen LogP contribution in [0.5, 0.6) is 0 Å². The minimum absolute atomic E-state index is 0.0251. The lowest BCUT2D eigenvalue weighted by Crippen LogP contribution is -2.27. The van der Waals surface area contributed by atoms with Gasteiger partial charge in [-0.05, 0) is 25.0 Å². The molecule has 4 heteroatoms. The Morgan fingerprint density at radius 2 is 1.76 bits per heavy atom. The highest BCUT2D eigenvalue weighted by Gasteiger charge is 2.13. The average Bonchev–Trinajstić information content (AvgIpc) is 2.49. The fraction of sp³-hybridized carbons (Fsp3) is 0.294. The number of rotatable bonds is 6. The molecule has 0 heterocycles. The summed E-state index contributed by atoms with van der Waals surface area (Å²) in [6.45, 7) is 2.13. The second kappa shape index (κ2) is 7.29. The fourth-order valence-corrected chi connectivity index (χ4v) is 2.20. The molecule has 2 N–H and O–H groups in total. The van der Waals surface area contributed by atoms with E-state index in [1.54, 1.807) is 6.07 Å². The molecule has 0 aromatic heterocycles. The Bertz CT molecular complexity index is 574. The molecule has 0 aliphatic rings. The molecule has 21 heavy (non-hydrogen) atoms. The maximum absolute atomic E-state index is 13.5. The summed E-state index contributed by atoms with van der Waals surface area (Å²) < 4.78 is 26.6. The van der Waals surface area contributed by atoms with Crippen molar-refractivity contribution in [1.82, 2.24) is 5.32 Å². The Labute approximate surface area is 123 Å². The minimum Gasteiger partial charge on any atom is -0.388 e. The Morgan fingerprint density at radius 1 is 1.05 bits per heavy atom. The fourth-order valence-electron chi connectivity index (χ4n) is 2.20. The summed E-state index contributed by atoms with van der Waals surface area (Å²) in [5.74, 6) is -1.66. The quantitative estimate of drug-likeness (QED) is 0.853. The van der Waals surface area contributed by atoms with Crippen LogP contribution in [-0.4, -0.2) is 11.1 Å². The van der Waals surface area contributed by atoms with Crippen molar-refractivity contribution in [3.8, 4) is 0 Å². The minimum atomic E-state index is -0.841. The highest BCUT2D eigenvalue weighted by atomic mass is 19.2. The van der Waals surface area contributed by atoms with Crippen LogP contribution in [0, 0.1) is 11.6 Å². The van der Waals surface area contributed by atoms with Gasteiger partial charge in [0.2, 0.25) is 0 Å². The normalized spacial score (nSPS) is 13.9. The van der Waals surface area contributed by atoms with Crippen LogP contribution in [0.4, 0.5) is 8.78 Å². The van der Waals surface area contributed by atoms with Gasteiger partial charge >= 0.3 is 0 Å². The number of halogens is 2. The van der Waals surface area contributed by atoms with E-state index >= 15 is 0 Å². The van der Waals surface area contributed by atoms with E-state index in [2.05, 4.69) is 5.32 Å². The van der Waals surface area contributed by atoms with Crippen LogP contribution in [0.1, 0.15) is 30.6 Å². The van der Waals surface area contributed by atoms with Gasteiger partial charge in [0, 0.05) is 18.2 Å². The number of hydrogen-bond acceptors (Lipinski definition) is 2. The molecule has 2 nitrogen and oxygen atoms in total. The average molecular weight is 291 g/mol. The van der Waals surface area contributed by atoms with E-state index in [9.17, 15) is 13.9 Å². The Morgan fingerprint density at radius 3 is 2.48 bits per heavy atom. The van der Waals surface area contributed by atoms with E-state index in [1.165, 1.54) is 6.07 Å². The standard InChI is InChI=1S/C17H19F2NO/c1-12(10-16(21)13-6-3-2-4-7-13)20-11-14-8-5-9-15(18)17(14)19/h2-9,12,16,20-21H,10-11H2,1H3. The highest BCUT2D eigenvalue weighted by molar-refractivity contribution is 5.19. The van der Waals surface area contributed by atoms with Crippen LogP contribution in [0.25, 0.3) is 0 Å². The molecule has 2 aromatic carbocycles. The maximum atomic E-state index is 13.5. The summed E-state index contributed by atoms with van der Waals surface area (Å²) in [5, 5.41) is 13.2. The molecule has 0 amide bonds. The predicted octanol–water partition coefficient (Wildman–Crippen LogP) is 3.57. The van der Waals surface area contributed by atoms with Crippen molar-refractivity contribution in [3.63, 3.8) is 0 Å². The molecule has 2 rings (SSSR count). The third kappa shape index (κ3) is 4.34. The van der Waals surface area contributed by atoms with Crippen molar-refractivity contribution >= 4 is 0 Å². The monoisotopic (exact) mass is 291 g/mol. The lowest BCUT2D eigenvalue weighted by atomic mass is 10.0. The van der Waals surface area contributed by atoms with Crippen LogP contribution in [-0.2, 0) is 6.54 Å². The molecule has 0 saturated heterocycles. The van der Waals surface area contributed by atoms with E-state index in [-0.39, 0.29) is 18.2 Å². The number of benzene rings is 2. The number of aliphatic hydroxyl groups is 1. The molecule has 0 fully saturated rings. The third-order valence-corrected chi connectivity index (χ3v) is 3.43. The molecule has 0 aliphatic carbocycles. The van der Waals surface area contributed by atoms with Gasteiger partial charge in [-0.1, -0.05) is 42.5 Å². The van der Waals surface area contributed by atoms with Crippen molar-refractivity contribution in [2.75, 3.05) is 0 Å². The van der Waals surface area contributed by atoms with Gasteiger partial charge in [0.1, 0.15) is 0 Å². The van der Waals surface area contributed by atoms with Crippen LogP contribution in [0.15, 0.2) is 48.5 Å². The van der Waals surface area contributed by atoms with Crippen molar-refractivity contribution in [2.45, 2.75) is 32.0 Å². The van der Waals surface area contributed by atoms with Crippen molar-refractivity contribution in [1.29, 1.82) is 0 Å². The topological polar surface area (TPSA) is 32.3 Å². The van der Waals surface area contributed by atoms with E-state index < -0.39 is 17.7 Å². The van der Waals surface area contributed by atoms with Gasteiger partial charge in [0.05, 0.1) is 6.10 Å². The van der Waals surface area contributed by atoms with Crippen molar-refractivity contribution < 1.29 is 13.9 Å². The molecule has 0 aliphatic heterocycles. The molecule has 112 valence electrons. The summed E-state index contributed by atoms with van der Waals surface area (Å²) >= 11 is 0. The summed E-state index contributed by atoms with van der Waals surface area (Å²) in [5.41, 5.74) is 1.14. The predicted molar refractivity (Wildman–Crippen MR) is 78.7 cm³/mol. The summed E-state index contributed by atoms with van der Waals surface area (Å²) in [4.78, 5) is 0. The summed E-state index contributed by atoms with van der Waals surface area (Å²) in [6.07, 6.45) is -0.0768. The second-order valence-electron chi connectivity index (χ2n) is 5.16. The van der Waals surface area contributed by atoms with E-state index in [0.717, 1.165) is 11.6 Å². The Kier molecular flexibility index (Phi) is 5.42. The molecule has 0 bridgehead atoms. The molecule has 0 saturated carbocycles. The van der Waals surface area contributed by atoms with Crippen LogP contribution >= 0.6 is 0 Å². The zero-order valence-corrected chi connectivity index (χ0v) is 11.9. The molecular formula is C17H19F2NO. The first kappa shape index (κ1) is 15.6. The largest absolute Gasteiger partial charge is 0.388 e. The van der Waals surface area contributed by atoms with Gasteiger partial charge in [-0.2, -0.15) is 0 Å². The molecular weight excluding hydrogens is 272 g/mol. The van der Waals surface area contributed by atoms with Crippen LogP contribution < -0.4 is 5.32 Å². The third-order valence-electron chi connectivity index (χ3n) is 3.43. The van der Waals surface area contributed by atoms with Crippen molar-refractivity contribution in [3.05, 3.63) is 71.3 Å². The van der Waals surface area contributed by atoms with Crippen molar-refractivity contribution in [2.24, 2.45) is 0 Å². The molecule has 0 spiro atoms. The van der Waals surface area contributed by atoms with Gasteiger partial charge in [0.15, 0.2) is 11.6 Å². The smallest absolute Gasteiger partial charge is 0.163 e. The van der Waals surface area contributed by atoms with E-state index in [1.807, 2.05) is 37.3 Å². The highest BCUT2D eigenvalue weighted by Crippen LogP contribution is 2.18. The number of aliphatic hydroxyl groups excluding tert-OH is 1. The summed E-state index contributed by atoms with van der Waals surface area (Å²) in [7, 11) is 0. The Hall–Kier alpha value is -1.78. The number of nitrogens with one attached hydrogen (secondary N) is 1.